The predicted octanol–water partition coefficient (Wildman–Crippen LogP) is 4.07. The average molecular weight is 392 g/mol. The number of benzene rings is 2. The fraction of sp³-hybridized carbons (Fsp3) is 0.167. The van der Waals surface area contributed by atoms with E-state index in [0.717, 1.165) is 0 Å². The van der Waals surface area contributed by atoms with E-state index in [0.29, 0.717) is 21.6 Å². The molecule has 0 spiro atoms. The number of carbonyl (C=O) groups excluding carboxylic acids is 2. The molecule has 8 heteroatoms. The molecule has 1 aliphatic rings. The minimum absolute atomic E-state index is 0.0724. The van der Waals surface area contributed by atoms with Gasteiger partial charge < -0.3 is 5.32 Å². The maximum absolute atomic E-state index is 13.0. The van der Waals surface area contributed by atoms with E-state index in [1.807, 2.05) is 0 Å². The van der Waals surface area contributed by atoms with Crippen molar-refractivity contribution in [3.05, 3.63) is 59.4 Å². The van der Waals surface area contributed by atoms with Gasteiger partial charge in [-0.25, -0.2) is 9.38 Å². The number of carbonyl (C=O) groups is 2. The molecule has 1 fully saturated rings. The molecule has 1 saturated heterocycles. The molecule has 2 aromatic rings. The summed E-state index contributed by atoms with van der Waals surface area (Å²) >= 11 is 7.03. The lowest BCUT2D eigenvalue weighted by atomic mass is 10.2. The summed E-state index contributed by atoms with van der Waals surface area (Å²) in [6.07, 6.45) is 0.0724. The maximum Gasteiger partial charge on any atom is 0.238 e. The van der Waals surface area contributed by atoms with Crippen molar-refractivity contribution < 1.29 is 14.0 Å². The smallest absolute Gasteiger partial charge is 0.238 e. The van der Waals surface area contributed by atoms with E-state index < -0.39 is 5.25 Å². The van der Waals surface area contributed by atoms with E-state index in [1.165, 1.54) is 40.9 Å². The third-order valence-corrected chi connectivity index (χ3v) is 5.22. The zero-order chi connectivity index (χ0) is 18.7. The van der Waals surface area contributed by atoms with Crippen LogP contribution in [0.25, 0.3) is 0 Å². The lowest BCUT2D eigenvalue weighted by molar-refractivity contribution is -0.128. The number of nitrogens with one attached hydrogen (secondary N) is 1. The van der Waals surface area contributed by atoms with E-state index in [-0.39, 0.29) is 24.1 Å². The first-order valence-electron chi connectivity index (χ1n) is 7.76. The highest BCUT2D eigenvalue weighted by Gasteiger charge is 2.34. The third kappa shape index (κ3) is 4.42. The molecule has 5 nitrogen and oxygen atoms in total. The van der Waals surface area contributed by atoms with Crippen molar-refractivity contribution in [2.75, 3.05) is 12.4 Å². The fourth-order valence-electron chi connectivity index (χ4n) is 2.28. The summed E-state index contributed by atoms with van der Waals surface area (Å²) in [6, 6.07) is 12.3. The van der Waals surface area contributed by atoms with Crippen LogP contribution in [0, 0.1) is 5.82 Å². The Kier molecular flexibility index (Phi) is 5.58. The monoisotopic (exact) mass is 391 g/mol. The van der Waals surface area contributed by atoms with Gasteiger partial charge in [0.15, 0.2) is 5.17 Å². The number of anilines is 1. The number of rotatable bonds is 3. The van der Waals surface area contributed by atoms with Gasteiger partial charge in [-0.15, -0.1) is 0 Å². The molecule has 134 valence electrons. The van der Waals surface area contributed by atoms with Gasteiger partial charge in [0.05, 0.1) is 5.69 Å². The van der Waals surface area contributed by atoms with Crippen LogP contribution in [0.2, 0.25) is 5.02 Å². The summed E-state index contributed by atoms with van der Waals surface area (Å²) in [4.78, 5) is 30.5. The summed E-state index contributed by atoms with van der Waals surface area (Å²) in [7, 11) is 1.60. The molecule has 1 unspecified atom stereocenters. The molecule has 0 radical (unpaired) electrons. The van der Waals surface area contributed by atoms with Crippen LogP contribution in [0.1, 0.15) is 6.42 Å². The van der Waals surface area contributed by atoms with Crippen LogP contribution in [0.4, 0.5) is 15.8 Å². The molecular formula is C18H15ClFN3O2S. The maximum atomic E-state index is 13.0. The van der Waals surface area contributed by atoms with Gasteiger partial charge in [-0.1, -0.05) is 23.4 Å². The predicted molar refractivity (Wildman–Crippen MR) is 102 cm³/mol. The van der Waals surface area contributed by atoms with E-state index in [1.54, 1.807) is 31.3 Å². The van der Waals surface area contributed by atoms with Gasteiger partial charge in [0.1, 0.15) is 11.1 Å². The SMILES string of the molecule is CN1C(=O)CC(C(=O)Nc2ccc(Cl)cc2)SC1=Nc1ccc(F)cc1. The van der Waals surface area contributed by atoms with Crippen molar-refractivity contribution in [2.24, 2.45) is 4.99 Å². The molecule has 2 amide bonds. The number of thioether (sulfide) groups is 1. The first kappa shape index (κ1) is 18.4. The Balaban J connectivity index is 1.76. The molecule has 3 rings (SSSR count). The fourth-order valence-corrected chi connectivity index (χ4v) is 3.47. The van der Waals surface area contributed by atoms with Gasteiger partial charge in [-0.2, -0.15) is 0 Å². The Labute approximate surface area is 159 Å². The van der Waals surface area contributed by atoms with Crippen molar-refractivity contribution in [3.8, 4) is 0 Å². The standard InChI is InChI=1S/C18H15ClFN3O2S/c1-23-16(24)10-15(17(25)21-13-6-2-11(19)3-7-13)26-18(23)22-14-8-4-12(20)5-9-14/h2-9,15H,10H2,1H3,(H,21,25). The summed E-state index contributed by atoms with van der Waals surface area (Å²) in [5.41, 5.74) is 1.11. The Morgan fingerprint density at radius 2 is 1.88 bits per heavy atom. The minimum Gasteiger partial charge on any atom is -0.325 e. The zero-order valence-electron chi connectivity index (χ0n) is 13.8. The lowest BCUT2D eigenvalue weighted by Gasteiger charge is -2.28. The van der Waals surface area contributed by atoms with Crippen LogP contribution < -0.4 is 5.32 Å². The molecule has 1 heterocycles. The topological polar surface area (TPSA) is 61.8 Å². The Bertz CT molecular complexity index is 856. The van der Waals surface area contributed by atoms with Gasteiger partial charge in [0, 0.05) is 24.2 Å². The van der Waals surface area contributed by atoms with Crippen molar-refractivity contribution in [2.45, 2.75) is 11.7 Å². The molecule has 0 saturated carbocycles. The summed E-state index contributed by atoms with van der Waals surface area (Å²) in [6.45, 7) is 0. The quantitative estimate of drug-likeness (QED) is 0.857. The molecule has 0 bridgehead atoms. The van der Waals surface area contributed by atoms with Crippen molar-refractivity contribution in [1.29, 1.82) is 0 Å². The second-order valence-electron chi connectivity index (χ2n) is 5.63. The molecule has 1 atom stereocenters. The van der Waals surface area contributed by atoms with Crippen LogP contribution in [0.15, 0.2) is 53.5 Å². The van der Waals surface area contributed by atoms with Crippen molar-refractivity contribution >= 4 is 51.7 Å². The number of amides is 2. The van der Waals surface area contributed by atoms with Crippen LogP contribution in [0.3, 0.4) is 0 Å². The lowest BCUT2D eigenvalue weighted by Crippen LogP contribution is -2.43. The summed E-state index contributed by atoms with van der Waals surface area (Å²) < 4.78 is 13.0. The van der Waals surface area contributed by atoms with E-state index in [2.05, 4.69) is 10.3 Å². The number of hydrogen-bond donors (Lipinski definition) is 1. The minimum atomic E-state index is -0.603. The first-order valence-corrected chi connectivity index (χ1v) is 9.02. The Morgan fingerprint density at radius 1 is 1.23 bits per heavy atom. The summed E-state index contributed by atoms with van der Waals surface area (Å²) in [5, 5.41) is 3.13. The number of hydrogen-bond acceptors (Lipinski definition) is 4. The second kappa shape index (κ2) is 7.88. The van der Waals surface area contributed by atoms with E-state index in [4.69, 9.17) is 11.6 Å². The van der Waals surface area contributed by atoms with Crippen molar-refractivity contribution in [3.63, 3.8) is 0 Å². The molecule has 1 N–H and O–H groups in total. The van der Waals surface area contributed by atoms with Gasteiger partial charge in [0.2, 0.25) is 11.8 Å². The highest BCUT2D eigenvalue weighted by atomic mass is 35.5. The van der Waals surface area contributed by atoms with Gasteiger partial charge in [0.25, 0.3) is 0 Å². The highest BCUT2D eigenvalue weighted by molar-refractivity contribution is 8.15. The number of amidine groups is 1. The molecule has 1 aliphatic heterocycles. The van der Waals surface area contributed by atoms with Gasteiger partial charge >= 0.3 is 0 Å². The second-order valence-corrected chi connectivity index (χ2v) is 7.24. The zero-order valence-corrected chi connectivity index (χ0v) is 15.4. The third-order valence-electron chi connectivity index (χ3n) is 3.72. The molecule has 0 aromatic heterocycles. The molecule has 0 aliphatic carbocycles. The van der Waals surface area contributed by atoms with Gasteiger partial charge in [-0.05, 0) is 48.5 Å². The first-order chi connectivity index (χ1) is 12.4. The number of halogens is 2. The van der Waals surface area contributed by atoms with Crippen molar-refractivity contribution in [1.82, 2.24) is 4.90 Å². The summed E-state index contributed by atoms with van der Waals surface area (Å²) in [5.74, 6) is -0.860. The van der Waals surface area contributed by atoms with Crippen LogP contribution in [-0.2, 0) is 9.59 Å². The normalized spacial score (nSPS) is 18.9. The number of aliphatic imine (C=N–C) groups is 1. The molecule has 26 heavy (non-hydrogen) atoms. The number of nitrogens with zero attached hydrogens (tertiary/aromatic N) is 2. The van der Waals surface area contributed by atoms with E-state index >= 15 is 0 Å². The largest absolute Gasteiger partial charge is 0.325 e. The Morgan fingerprint density at radius 3 is 2.54 bits per heavy atom. The molecule has 2 aromatic carbocycles. The highest BCUT2D eigenvalue weighted by Crippen LogP contribution is 2.29. The van der Waals surface area contributed by atoms with E-state index in [9.17, 15) is 14.0 Å². The average Bonchev–Trinajstić information content (AvgIpc) is 2.62. The van der Waals surface area contributed by atoms with Crippen LogP contribution in [-0.4, -0.2) is 34.2 Å². The van der Waals surface area contributed by atoms with Gasteiger partial charge in [-0.3, -0.25) is 14.5 Å². The Hall–Kier alpha value is -2.38. The van der Waals surface area contributed by atoms with Crippen LogP contribution >= 0.6 is 23.4 Å². The molecular weight excluding hydrogens is 377 g/mol. The van der Waals surface area contributed by atoms with Crippen LogP contribution in [0.5, 0.6) is 0 Å².